The van der Waals surface area contributed by atoms with Crippen molar-refractivity contribution in [1.82, 2.24) is 4.90 Å². The summed E-state index contributed by atoms with van der Waals surface area (Å²) in [7, 11) is 1.92. The molecule has 1 nitrogen and oxygen atoms in total. The first-order valence-corrected chi connectivity index (χ1v) is 4.55. The largest absolute Gasteiger partial charge is 0.375 e. The molecule has 0 aliphatic heterocycles. The lowest BCUT2D eigenvalue weighted by atomic mass is 10.2. The maximum absolute atomic E-state index is 12.1. The van der Waals surface area contributed by atoms with E-state index in [1.54, 1.807) is 0 Å². The molecule has 1 aliphatic carbocycles. The Balaban J connectivity index is 2.65. The van der Waals surface area contributed by atoms with E-state index in [2.05, 4.69) is 31.2 Å². The molecule has 0 unspecified atom stereocenters. The summed E-state index contributed by atoms with van der Waals surface area (Å²) in [5.74, 6) is 0. The van der Waals surface area contributed by atoms with Gasteiger partial charge < -0.3 is 4.90 Å². The highest BCUT2D eigenvalue weighted by Crippen LogP contribution is 2.13. The van der Waals surface area contributed by atoms with Crippen LogP contribution in [0.25, 0.3) is 0 Å². The molecule has 2 heteroatoms. The van der Waals surface area contributed by atoms with Gasteiger partial charge in [-0.05, 0) is 13.0 Å². The number of nitrogens with zero attached hydrogens (tertiary/aromatic N) is 1. The Bertz CT molecular complexity index is 251. The lowest BCUT2D eigenvalue weighted by molar-refractivity contribution is 0.346. The average Bonchev–Trinajstić information content (AvgIpc) is 2.30. The zero-order valence-electron chi connectivity index (χ0n) is 8.26. The molecule has 0 saturated heterocycles. The van der Waals surface area contributed by atoms with Crippen molar-refractivity contribution in [2.75, 3.05) is 20.3 Å². The van der Waals surface area contributed by atoms with Gasteiger partial charge >= 0.3 is 0 Å². The molecule has 0 fully saturated rings. The number of alkyl halides is 1. The predicted octanol–water partition coefficient (Wildman–Crippen LogP) is 2.68. The molecule has 72 valence electrons. The molecule has 0 N–H and O–H groups in total. The van der Waals surface area contributed by atoms with Crippen LogP contribution < -0.4 is 0 Å². The Morgan fingerprint density at radius 3 is 2.92 bits per heavy atom. The summed E-state index contributed by atoms with van der Waals surface area (Å²) in [6.45, 7) is 2.25. The van der Waals surface area contributed by atoms with E-state index in [0.29, 0.717) is 6.54 Å². The Morgan fingerprint density at radius 2 is 2.23 bits per heavy atom. The topological polar surface area (TPSA) is 3.24 Å². The zero-order chi connectivity index (χ0) is 9.68. The van der Waals surface area contributed by atoms with Gasteiger partial charge in [0, 0.05) is 25.7 Å². The van der Waals surface area contributed by atoms with Crippen molar-refractivity contribution in [3.05, 3.63) is 35.6 Å². The average molecular weight is 181 g/mol. The fraction of sp³-hybridized carbons (Fsp3) is 0.455. The van der Waals surface area contributed by atoms with Gasteiger partial charge in [0.25, 0.3) is 0 Å². The van der Waals surface area contributed by atoms with Crippen molar-refractivity contribution in [1.29, 1.82) is 0 Å². The summed E-state index contributed by atoms with van der Waals surface area (Å²) < 4.78 is 12.1. The summed E-state index contributed by atoms with van der Waals surface area (Å²) in [5, 5.41) is 0. The minimum Gasteiger partial charge on any atom is -0.375 e. The second kappa shape index (κ2) is 4.85. The lowest BCUT2D eigenvalue weighted by Crippen LogP contribution is -2.19. The monoisotopic (exact) mass is 181 g/mol. The standard InChI is InChI=1S/C11H16FN/c1-10-4-3-5-11(7-6-10)13(2)9-8-12/h3-4,6-7H,5,8-9H2,1-2H3. The normalized spacial score (nSPS) is 16.2. The third-order valence-corrected chi connectivity index (χ3v) is 2.16. The van der Waals surface area contributed by atoms with Gasteiger partial charge in [-0.25, -0.2) is 4.39 Å². The van der Waals surface area contributed by atoms with Crippen LogP contribution in [0, 0.1) is 0 Å². The molecular formula is C11H16FN. The van der Waals surface area contributed by atoms with Crippen LogP contribution in [0.2, 0.25) is 0 Å². The highest BCUT2D eigenvalue weighted by atomic mass is 19.1. The maximum Gasteiger partial charge on any atom is 0.107 e. The van der Waals surface area contributed by atoms with Crippen LogP contribution in [0.1, 0.15) is 13.3 Å². The van der Waals surface area contributed by atoms with Gasteiger partial charge in [0.1, 0.15) is 6.67 Å². The minimum absolute atomic E-state index is 0.291. The number of allylic oxidation sites excluding steroid dienone is 5. The van der Waals surface area contributed by atoms with Gasteiger partial charge in [-0.1, -0.05) is 23.8 Å². The maximum atomic E-state index is 12.1. The van der Waals surface area contributed by atoms with Crippen LogP contribution >= 0.6 is 0 Å². The molecule has 1 rings (SSSR count). The van der Waals surface area contributed by atoms with Gasteiger partial charge in [0.2, 0.25) is 0 Å². The molecule has 0 aromatic heterocycles. The van der Waals surface area contributed by atoms with Crippen molar-refractivity contribution in [3.8, 4) is 0 Å². The summed E-state index contributed by atoms with van der Waals surface area (Å²) in [6, 6.07) is 0. The van der Waals surface area contributed by atoms with E-state index in [1.807, 2.05) is 11.9 Å². The Kier molecular flexibility index (Phi) is 3.74. The second-order valence-electron chi connectivity index (χ2n) is 3.29. The van der Waals surface area contributed by atoms with Crippen molar-refractivity contribution in [2.45, 2.75) is 13.3 Å². The van der Waals surface area contributed by atoms with Crippen molar-refractivity contribution >= 4 is 0 Å². The van der Waals surface area contributed by atoms with Crippen LogP contribution in [-0.4, -0.2) is 25.2 Å². The van der Waals surface area contributed by atoms with Crippen LogP contribution in [0.3, 0.4) is 0 Å². The summed E-state index contributed by atoms with van der Waals surface area (Å²) >= 11 is 0. The molecule has 0 atom stereocenters. The fourth-order valence-corrected chi connectivity index (χ4v) is 1.27. The second-order valence-corrected chi connectivity index (χ2v) is 3.29. The van der Waals surface area contributed by atoms with Crippen molar-refractivity contribution in [3.63, 3.8) is 0 Å². The van der Waals surface area contributed by atoms with Gasteiger partial charge in [-0.3, -0.25) is 0 Å². The molecule has 0 radical (unpaired) electrons. The molecule has 0 aromatic carbocycles. The molecule has 0 saturated carbocycles. The molecule has 0 amide bonds. The van der Waals surface area contributed by atoms with E-state index in [9.17, 15) is 4.39 Å². The number of hydrogen-bond donors (Lipinski definition) is 0. The van der Waals surface area contributed by atoms with Gasteiger partial charge in [-0.2, -0.15) is 0 Å². The van der Waals surface area contributed by atoms with Gasteiger partial charge in [0.05, 0.1) is 0 Å². The Hall–Kier alpha value is -1.05. The van der Waals surface area contributed by atoms with Crippen LogP contribution in [0.5, 0.6) is 0 Å². The summed E-state index contributed by atoms with van der Waals surface area (Å²) in [6.07, 6.45) is 9.22. The fourth-order valence-electron chi connectivity index (χ4n) is 1.27. The van der Waals surface area contributed by atoms with E-state index in [0.717, 1.165) is 6.42 Å². The Labute approximate surface area is 79.2 Å². The van der Waals surface area contributed by atoms with Crippen LogP contribution in [-0.2, 0) is 0 Å². The summed E-state index contributed by atoms with van der Waals surface area (Å²) in [4.78, 5) is 1.96. The van der Waals surface area contributed by atoms with E-state index >= 15 is 0 Å². The number of hydrogen-bond acceptors (Lipinski definition) is 1. The van der Waals surface area contributed by atoms with Gasteiger partial charge in [0.15, 0.2) is 0 Å². The molecular weight excluding hydrogens is 165 g/mol. The Morgan fingerprint density at radius 1 is 1.46 bits per heavy atom. The minimum atomic E-state index is -0.291. The lowest BCUT2D eigenvalue weighted by Gasteiger charge is -2.19. The first kappa shape index (κ1) is 10.0. The molecule has 13 heavy (non-hydrogen) atoms. The predicted molar refractivity (Wildman–Crippen MR) is 54.2 cm³/mol. The molecule has 0 heterocycles. The SMILES string of the molecule is CC1=CC=C(N(C)CCF)CC=C1. The highest BCUT2D eigenvalue weighted by Gasteiger charge is 2.02. The molecule has 0 bridgehead atoms. The molecule has 1 aliphatic rings. The van der Waals surface area contributed by atoms with E-state index in [1.165, 1.54) is 11.3 Å². The number of rotatable bonds is 3. The third kappa shape index (κ3) is 3.05. The van der Waals surface area contributed by atoms with Crippen LogP contribution in [0.4, 0.5) is 4.39 Å². The molecule has 0 spiro atoms. The van der Waals surface area contributed by atoms with E-state index < -0.39 is 0 Å². The third-order valence-electron chi connectivity index (χ3n) is 2.16. The van der Waals surface area contributed by atoms with E-state index in [-0.39, 0.29) is 6.67 Å². The van der Waals surface area contributed by atoms with Gasteiger partial charge in [-0.15, -0.1) is 0 Å². The van der Waals surface area contributed by atoms with Crippen LogP contribution in [0.15, 0.2) is 35.6 Å². The summed E-state index contributed by atoms with van der Waals surface area (Å²) in [5.41, 5.74) is 2.41. The first-order valence-electron chi connectivity index (χ1n) is 4.55. The first-order chi connectivity index (χ1) is 6.24. The van der Waals surface area contributed by atoms with Crippen molar-refractivity contribution < 1.29 is 4.39 Å². The smallest absolute Gasteiger partial charge is 0.107 e. The van der Waals surface area contributed by atoms with E-state index in [4.69, 9.17) is 0 Å². The molecule has 0 aromatic rings. The highest BCUT2D eigenvalue weighted by molar-refractivity contribution is 5.28. The van der Waals surface area contributed by atoms with Crippen molar-refractivity contribution in [2.24, 2.45) is 0 Å². The number of halogens is 1. The zero-order valence-corrected chi connectivity index (χ0v) is 8.26. The quantitative estimate of drug-likeness (QED) is 0.647.